The maximum Gasteiger partial charge on any atom is 0.231 e. The molecule has 0 atom stereocenters. The van der Waals surface area contributed by atoms with Gasteiger partial charge >= 0.3 is 0 Å². The Labute approximate surface area is 164 Å². The average molecular weight is 380 g/mol. The molecule has 3 aromatic rings. The molecule has 1 N–H and O–H groups in total. The van der Waals surface area contributed by atoms with Gasteiger partial charge in [0, 0.05) is 37.3 Å². The molecular weight excluding hydrogens is 356 g/mol. The molecule has 1 aliphatic heterocycles. The number of hydrogen-bond donors (Lipinski definition) is 1. The van der Waals surface area contributed by atoms with E-state index in [1.54, 1.807) is 7.11 Å². The lowest BCUT2D eigenvalue weighted by molar-refractivity contribution is -0.131. The van der Waals surface area contributed by atoms with E-state index in [0.717, 1.165) is 33.5 Å². The molecule has 6 nitrogen and oxygen atoms in total. The zero-order valence-electron chi connectivity index (χ0n) is 16.2. The summed E-state index contributed by atoms with van der Waals surface area (Å²) in [7, 11) is 1.64. The van der Waals surface area contributed by atoms with Crippen LogP contribution >= 0.6 is 0 Å². The fraction of sp³-hybridized carbons (Fsp3) is 0.318. The molecular formula is C22H24N2O4. The SMILES string of the molecule is COCCN(Cc1ccc2c(c1)OCO2)C(=O)Cc1c[nH]c2cc(C)ccc12. The fourth-order valence-corrected chi connectivity index (χ4v) is 3.47. The second-order valence-corrected chi connectivity index (χ2v) is 7.04. The molecule has 0 bridgehead atoms. The number of amides is 1. The Kier molecular flexibility index (Phi) is 5.21. The van der Waals surface area contributed by atoms with Crippen LogP contribution in [-0.2, 0) is 22.5 Å². The molecule has 2 heterocycles. The Balaban J connectivity index is 1.51. The van der Waals surface area contributed by atoms with E-state index >= 15 is 0 Å². The third-order valence-electron chi connectivity index (χ3n) is 4.99. The minimum Gasteiger partial charge on any atom is -0.454 e. The van der Waals surface area contributed by atoms with Crippen molar-refractivity contribution in [3.05, 3.63) is 59.3 Å². The maximum atomic E-state index is 13.1. The van der Waals surface area contributed by atoms with Gasteiger partial charge in [0.15, 0.2) is 11.5 Å². The molecule has 0 unspecified atom stereocenters. The highest BCUT2D eigenvalue weighted by atomic mass is 16.7. The van der Waals surface area contributed by atoms with E-state index in [4.69, 9.17) is 14.2 Å². The van der Waals surface area contributed by atoms with Crippen LogP contribution in [0.15, 0.2) is 42.6 Å². The number of carbonyl (C=O) groups is 1. The van der Waals surface area contributed by atoms with Crippen molar-refractivity contribution in [3.63, 3.8) is 0 Å². The summed E-state index contributed by atoms with van der Waals surface area (Å²) >= 11 is 0. The molecule has 1 amide bonds. The van der Waals surface area contributed by atoms with E-state index < -0.39 is 0 Å². The predicted molar refractivity (Wildman–Crippen MR) is 107 cm³/mol. The molecule has 0 spiro atoms. The molecule has 0 aliphatic carbocycles. The first-order valence-corrected chi connectivity index (χ1v) is 9.36. The lowest BCUT2D eigenvalue weighted by Crippen LogP contribution is -2.34. The third kappa shape index (κ3) is 3.82. The minimum absolute atomic E-state index is 0.0659. The summed E-state index contributed by atoms with van der Waals surface area (Å²) in [5, 5.41) is 1.09. The van der Waals surface area contributed by atoms with Crippen LogP contribution in [0.2, 0.25) is 0 Å². The van der Waals surface area contributed by atoms with Crippen molar-refractivity contribution in [2.75, 3.05) is 27.1 Å². The van der Waals surface area contributed by atoms with Gasteiger partial charge < -0.3 is 24.1 Å². The quantitative estimate of drug-likeness (QED) is 0.682. The van der Waals surface area contributed by atoms with Crippen molar-refractivity contribution in [1.82, 2.24) is 9.88 Å². The summed E-state index contributed by atoms with van der Waals surface area (Å²) in [4.78, 5) is 18.2. The first kappa shape index (κ1) is 18.4. The number of hydrogen-bond acceptors (Lipinski definition) is 4. The number of H-pyrrole nitrogens is 1. The molecule has 0 radical (unpaired) electrons. The van der Waals surface area contributed by atoms with Crippen molar-refractivity contribution in [3.8, 4) is 11.5 Å². The summed E-state index contributed by atoms with van der Waals surface area (Å²) in [6, 6.07) is 12.0. The van der Waals surface area contributed by atoms with E-state index in [9.17, 15) is 4.79 Å². The maximum absolute atomic E-state index is 13.1. The van der Waals surface area contributed by atoms with Crippen molar-refractivity contribution in [2.24, 2.45) is 0 Å². The van der Waals surface area contributed by atoms with Crippen molar-refractivity contribution >= 4 is 16.8 Å². The molecule has 0 saturated heterocycles. The monoisotopic (exact) mass is 380 g/mol. The first-order valence-electron chi connectivity index (χ1n) is 9.36. The highest BCUT2D eigenvalue weighted by Crippen LogP contribution is 2.33. The first-order chi connectivity index (χ1) is 13.6. The summed E-state index contributed by atoms with van der Waals surface area (Å²) in [5.41, 5.74) is 4.26. The van der Waals surface area contributed by atoms with Crippen LogP contribution in [0.5, 0.6) is 11.5 Å². The lowest BCUT2D eigenvalue weighted by Gasteiger charge is -2.22. The standard InChI is InChI=1S/C22H24N2O4/c1-15-3-5-18-17(12-23-19(18)9-15)11-22(25)24(7-8-26-2)13-16-4-6-20-21(10-16)28-14-27-20/h3-6,9-10,12,23H,7-8,11,13-14H2,1-2H3. The molecule has 2 aromatic carbocycles. The van der Waals surface area contributed by atoms with Gasteiger partial charge in [0.2, 0.25) is 12.7 Å². The number of rotatable bonds is 7. The van der Waals surface area contributed by atoms with Gasteiger partial charge in [-0.1, -0.05) is 18.2 Å². The van der Waals surface area contributed by atoms with Crippen LogP contribution in [0, 0.1) is 6.92 Å². The van der Waals surface area contributed by atoms with Gasteiger partial charge in [-0.3, -0.25) is 4.79 Å². The van der Waals surface area contributed by atoms with Crippen LogP contribution in [0.25, 0.3) is 10.9 Å². The Bertz CT molecular complexity index is 995. The van der Waals surface area contributed by atoms with E-state index in [1.807, 2.05) is 29.3 Å². The van der Waals surface area contributed by atoms with Gasteiger partial charge in [0.25, 0.3) is 0 Å². The Hall–Kier alpha value is -2.99. The van der Waals surface area contributed by atoms with Gasteiger partial charge in [-0.05, 0) is 41.8 Å². The van der Waals surface area contributed by atoms with Gasteiger partial charge in [-0.15, -0.1) is 0 Å². The second kappa shape index (κ2) is 7.94. The largest absolute Gasteiger partial charge is 0.454 e. The van der Waals surface area contributed by atoms with Gasteiger partial charge in [-0.25, -0.2) is 0 Å². The zero-order valence-corrected chi connectivity index (χ0v) is 16.2. The van der Waals surface area contributed by atoms with E-state index in [1.165, 1.54) is 5.56 Å². The van der Waals surface area contributed by atoms with Crippen molar-refractivity contribution < 1.29 is 19.0 Å². The highest BCUT2D eigenvalue weighted by molar-refractivity contribution is 5.89. The topological polar surface area (TPSA) is 63.8 Å². The number of carbonyl (C=O) groups excluding carboxylic acids is 1. The predicted octanol–water partition coefficient (Wildman–Crippen LogP) is 3.42. The van der Waals surface area contributed by atoms with Crippen molar-refractivity contribution in [1.29, 1.82) is 0 Å². The number of benzene rings is 2. The van der Waals surface area contributed by atoms with Crippen molar-refractivity contribution in [2.45, 2.75) is 19.9 Å². The molecule has 146 valence electrons. The zero-order chi connectivity index (χ0) is 19.5. The molecule has 0 fully saturated rings. The van der Waals surface area contributed by atoms with E-state index in [0.29, 0.717) is 26.1 Å². The summed E-state index contributed by atoms with van der Waals surface area (Å²) < 4.78 is 16.0. The molecule has 28 heavy (non-hydrogen) atoms. The fourth-order valence-electron chi connectivity index (χ4n) is 3.47. The summed E-state index contributed by atoms with van der Waals surface area (Å²) in [5.74, 6) is 1.53. The molecule has 1 aliphatic rings. The highest BCUT2D eigenvalue weighted by Gasteiger charge is 2.19. The second-order valence-electron chi connectivity index (χ2n) is 7.04. The number of aromatic amines is 1. The number of ether oxygens (including phenoxy) is 3. The minimum atomic E-state index is 0.0659. The molecule has 1 aromatic heterocycles. The van der Waals surface area contributed by atoms with Gasteiger partial charge in [-0.2, -0.15) is 0 Å². The number of aromatic nitrogens is 1. The number of nitrogens with zero attached hydrogens (tertiary/aromatic N) is 1. The third-order valence-corrected chi connectivity index (χ3v) is 4.99. The summed E-state index contributed by atoms with van der Waals surface area (Å²) in [6.45, 7) is 3.82. The van der Waals surface area contributed by atoms with Crippen LogP contribution in [0.3, 0.4) is 0 Å². The lowest BCUT2D eigenvalue weighted by atomic mass is 10.1. The average Bonchev–Trinajstić information content (AvgIpc) is 3.31. The molecule has 0 saturated carbocycles. The number of aryl methyl sites for hydroxylation is 1. The van der Waals surface area contributed by atoms with E-state index in [-0.39, 0.29) is 12.7 Å². The number of nitrogens with one attached hydrogen (secondary N) is 1. The molecule has 4 rings (SSSR count). The Morgan fingerprint density at radius 3 is 2.89 bits per heavy atom. The number of methoxy groups -OCH3 is 1. The molecule has 6 heteroatoms. The Morgan fingerprint density at radius 1 is 1.18 bits per heavy atom. The normalized spacial score (nSPS) is 12.5. The Morgan fingerprint density at radius 2 is 2.04 bits per heavy atom. The van der Waals surface area contributed by atoms with E-state index in [2.05, 4.69) is 30.1 Å². The summed E-state index contributed by atoms with van der Waals surface area (Å²) in [6.07, 6.45) is 2.27. The number of fused-ring (bicyclic) bond motifs is 2. The van der Waals surface area contributed by atoms with Gasteiger partial charge in [0.05, 0.1) is 13.0 Å². The smallest absolute Gasteiger partial charge is 0.231 e. The van der Waals surface area contributed by atoms with Gasteiger partial charge in [0.1, 0.15) is 0 Å². The van der Waals surface area contributed by atoms with Crippen LogP contribution in [0.4, 0.5) is 0 Å². The van der Waals surface area contributed by atoms with Crippen LogP contribution < -0.4 is 9.47 Å². The van der Waals surface area contributed by atoms with Crippen LogP contribution in [-0.4, -0.2) is 42.8 Å². The van der Waals surface area contributed by atoms with Crippen LogP contribution in [0.1, 0.15) is 16.7 Å².